The Morgan fingerprint density at radius 1 is 1.67 bits per heavy atom. The van der Waals surface area contributed by atoms with Crippen LogP contribution >= 0.6 is 15.9 Å². The second kappa shape index (κ2) is 2.59. The van der Waals surface area contributed by atoms with Crippen molar-refractivity contribution in [3.63, 3.8) is 0 Å². The van der Waals surface area contributed by atoms with E-state index in [4.69, 9.17) is 0 Å². The number of Topliss-reactive ketones (excluding diaryl/α,β-unsaturated/α-hetero) is 1. The van der Waals surface area contributed by atoms with Crippen molar-refractivity contribution in [2.75, 3.05) is 0 Å². The van der Waals surface area contributed by atoms with Gasteiger partial charge >= 0.3 is 0 Å². The minimum absolute atomic E-state index is 0.0189. The summed E-state index contributed by atoms with van der Waals surface area (Å²) in [5.41, 5.74) is 2.16. The van der Waals surface area contributed by atoms with Gasteiger partial charge in [0.25, 0.3) is 0 Å². The Morgan fingerprint density at radius 2 is 2.42 bits per heavy atom. The van der Waals surface area contributed by atoms with Crippen LogP contribution in [0.25, 0.3) is 0 Å². The summed E-state index contributed by atoms with van der Waals surface area (Å²) in [6, 6.07) is 0. The third-order valence-corrected chi connectivity index (χ3v) is 2.63. The normalized spacial score (nSPS) is 27.6. The largest absolute Gasteiger partial charge is 0.352 e. The molecule has 1 atom stereocenters. The van der Waals surface area contributed by atoms with Gasteiger partial charge in [-0.1, -0.05) is 34.7 Å². The maximum atomic E-state index is 11.4. The van der Waals surface area contributed by atoms with E-state index < -0.39 is 0 Å². The Morgan fingerprint density at radius 3 is 3.17 bits per heavy atom. The number of carbonyl (C=O) groups excluding carboxylic acids is 1. The van der Waals surface area contributed by atoms with Gasteiger partial charge < -0.3 is 5.32 Å². The van der Waals surface area contributed by atoms with E-state index in [1.165, 1.54) is 0 Å². The van der Waals surface area contributed by atoms with Crippen LogP contribution in [0.2, 0.25) is 0 Å². The molecule has 2 nitrogen and oxygen atoms in total. The number of carbonyl (C=O) groups is 1. The van der Waals surface area contributed by atoms with Crippen LogP contribution in [0.3, 0.4) is 0 Å². The van der Waals surface area contributed by atoms with Crippen LogP contribution in [-0.2, 0) is 4.79 Å². The predicted octanol–water partition coefficient (Wildman–Crippen LogP) is 1.65. The highest BCUT2D eigenvalue weighted by Crippen LogP contribution is 2.28. The van der Waals surface area contributed by atoms with Gasteiger partial charge in [-0.3, -0.25) is 4.79 Å². The molecule has 12 heavy (non-hydrogen) atoms. The molecule has 2 rings (SSSR count). The van der Waals surface area contributed by atoms with Crippen molar-refractivity contribution in [2.24, 2.45) is 0 Å². The van der Waals surface area contributed by atoms with Gasteiger partial charge in [0.05, 0.1) is 5.70 Å². The lowest BCUT2D eigenvalue weighted by atomic mass is 10.0. The maximum absolute atomic E-state index is 11.4. The summed E-state index contributed by atoms with van der Waals surface area (Å²) in [6.45, 7) is 3.63. The van der Waals surface area contributed by atoms with Crippen LogP contribution in [0.4, 0.5) is 0 Å². The summed E-state index contributed by atoms with van der Waals surface area (Å²) in [7, 11) is 0. The first-order chi connectivity index (χ1) is 5.68. The number of allylic oxidation sites excluding steroid dienone is 4. The lowest BCUT2D eigenvalue weighted by Crippen LogP contribution is -2.06. The molecule has 2 aliphatic rings. The van der Waals surface area contributed by atoms with Gasteiger partial charge in [-0.25, -0.2) is 0 Å². The van der Waals surface area contributed by atoms with Gasteiger partial charge in [-0.05, 0) is 6.42 Å². The zero-order valence-electron chi connectivity index (χ0n) is 6.43. The fourth-order valence-corrected chi connectivity index (χ4v) is 1.83. The monoisotopic (exact) mass is 225 g/mol. The highest BCUT2D eigenvalue weighted by Gasteiger charge is 2.28. The lowest BCUT2D eigenvalue weighted by Gasteiger charge is -2.09. The molecule has 0 aromatic heterocycles. The second-order valence-electron chi connectivity index (χ2n) is 2.88. The fraction of sp³-hybridized carbons (Fsp3) is 0.222. The van der Waals surface area contributed by atoms with Crippen LogP contribution in [0.5, 0.6) is 0 Å². The summed E-state index contributed by atoms with van der Waals surface area (Å²) < 4.78 is 0. The van der Waals surface area contributed by atoms with Crippen molar-refractivity contribution in [1.29, 1.82) is 0 Å². The van der Waals surface area contributed by atoms with Crippen molar-refractivity contribution in [3.8, 4) is 0 Å². The number of halogens is 1. The standard InChI is InChI=1S/C9H8BrNO/c1-5-9(12)7-4-6(10)2-3-8(7)11-5/h3-4,6,11H,1-2H2. The zero-order valence-corrected chi connectivity index (χ0v) is 8.02. The summed E-state index contributed by atoms with van der Waals surface area (Å²) in [5, 5.41) is 2.95. The molecular formula is C9H8BrNO. The molecule has 1 heterocycles. The van der Waals surface area contributed by atoms with Gasteiger partial charge in [-0.15, -0.1) is 0 Å². The smallest absolute Gasteiger partial charge is 0.210 e. The number of nitrogens with one attached hydrogen (secondary N) is 1. The Bertz CT molecular complexity index is 327. The lowest BCUT2D eigenvalue weighted by molar-refractivity contribution is -0.111. The number of hydrogen-bond donors (Lipinski definition) is 1. The molecule has 0 saturated carbocycles. The van der Waals surface area contributed by atoms with Crippen molar-refractivity contribution in [2.45, 2.75) is 11.2 Å². The number of ketones is 1. The van der Waals surface area contributed by atoms with E-state index in [9.17, 15) is 4.79 Å². The second-order valence-corrected chi connectivity index (χ2v) is 4.06. The first kappa shape index (κ1) is 7.80. The first-order valence-electron chi connectivity index (χ1n) is 3.75. The quantitative estimate of drug-likeness (QED) is 0.502. The van der Waals surface area contributed by atoms with Crippen LogP contribution < -0.4 is 5.32 Å². The van der Waals surface area contributed by atoms with E-state index in [2.05, 4.69) is 27.8 Å². The molecule has 0 spiro atoms. The molecule has 0 amide bonds. The Labute approximate surface area is 79.2 Å². The molecule has 0 aromatic rings. The number of rotatable bonds is 0. The van der Waals surface area contributed by atoms with E-state index >= 15 is 0 Å². The predicted molar refractivity (Wildman–Crippen MR) is 50.8 cm³/mol. The molecule has 0 bridgehead atoms. The molecule has 1 saturated heterocycles. The van der Waals surface area contributed by atoms with Crippen molar-refractivity contribution in [3.05, 3.63) is 35.7 Å². The van der Waals surface area contributed by atoms with Gasteiger partial charge in [0.15, 0.2) is 0 Å². The molecule has 1 aliphatic heterocycles. The topological polar surface area (TPSA) is 29.1 Å². The van der Waals surface area contributed by atoms with Crippen LogP contribution in [-0.4, -0.2) is 10.6 Å². The summed E-state index contributed by atoms with van der Waals surface area (Å²) in [6.07, 6.45) is 4.88. The molecule has 1 aliphatic carbocycles. The van der Waals surface area contributed by atoms with E-state index in [1.54, 1.807) is 0 Å². The maximum Gasteiger partial charge on any atom is 0.210 e. The number of fused-ring (bicyclic) bond motifs is 1. The third kappa shape index (κ3) is 1.05. The van der Waals surface area contributed by atoms with Crippen LogP contribution in [0.1, 0.15) is 6.42 Å². The van der Waals surface area contributed by atoms with Crippen LogP contribution in [0, 0.1) is 0 Å². The number of alkyl halides is 1. The average molecular weight is 226 g/mol. The molecule has 1 unspecified atom stereocenters. The zero-order chi connectivity index (χ0) is 8.72. The highest BCUT2D eigenvalue weighted by atomic mass is 79.9. The van der Waals surface area contributed by atoms with E-state index in [0.29, 0.717) is 5.70 Å². The van der Waals surface area contributed by atoms with Gasteiger partial charge in [0.1, 0.15) is 0 Å². The molecule has 0 aromatic carbocycles. The Kier molecular flexibility index (Phi) is 1.68. The van der Waals surface area contributed by atoms with Crippen LogP contribution in [0.15, 0.2) is 35.7 Å². The molecule has 0 radical (unpaired) electrons. The SMILES string of the molecule is C=C1NC2=CCC(Br)C=C2C1=O. The molecule has 62 valence electrons. The minimum atomic E-state index is 0.0189. The summed E-state index contributed by atoms with van der Waals surface area (Å²) in [4.78, 5) is 11.7. The fourth-order valence-electron chi connectivity index (χ4n) is 1.38. The summed E-state index contributed by atoms with van der Waals surface area (Å²) in [5.74, 6) is 0.0189. The molecule has 1 fully saturated rings. The van der Waals surface area contributed by atoms with E-state index in [1.807, 2.05) is 12.2 Å². The van der Waals surface area contributed by atoms with E-state index in [-0.39, 0.29) is 10.6 Å². The Balaban J connectivity index is 2.44. The van der Waals surface area contributed by atoms with Gasteiger partial charge in [0, 0.05) is 16.1 Å². The minimum Gasteiger partial charge on any atom is -0.352 e. The van der Waals surface area contributed by atoms with Crippen molar-refractivity contribution >= 4 is 21.7 Å². The van der Waals surface area contributed by atoms with Gasteiger partial charge in [0.2, 0.25) is 5.78 Å². The number of hydrogen-bond acceptors (Lipinski definition) is 2. The highest BCUT2D eigenvalue weighted by molar-refractivity contribution is 9.09. The summed E-state index contributed by atoms with van der Waals surface area (Å²) >= 11 is 3.44. The van der Waals surface area contributed by atoms with Crippen molar-refractivity contribution < 1.29 is 4.79 Å². The third-order valence-electron chi connectivity index (χ3n) is 1.99. The average Bonchev–Trinajstić information content (AvgIpc) is 2.31. The first-order valence-corrected chi connectivity index (χ1v) is 4.67. The van der Waals surface area contributed by atoms with E-state index in [0.717, 1.165) is 17.7 Å². The molecular weight excluding hydrogens is 218 g/mol. The van der Waals surface area contributed by atoms with Gasteiger partial charge in [-0.2, -0.15) is 0 Å². The molecule has 3 heteroatoms. The molecule has 1 N–H and O–H groups in total. The Hall–Kier alpha value is -0.830. The van der Waals surface area contributed by atoms with Crippen molar-refractivity contribution in [1.82, 2.24) is 5.32 Å².